The minimum atomic E-state index is -3.61. The number of nitrogens with zero attached hydrogens (tertiary/aromatic N) is 3. The third-order valence-electron chi connectivity index (χ3n) is 2.87. The Morgan fingerprint density at radius 2 is 2.16 bits per heavy atom. The molecular formula is C14H17BrN4O3S3. The molecule has 1 N–H and O–H groups in total. The van der Waals surface area contributed by atoms with Gasteiger partial charge in [-0.25, -0.2) is 8.42 Å². The summed E-state index contributed by atoms with van der Waals surface area (Å²) in [7, 11) is -3.61. The van der Waals surface area contributed by atoms with E-state index in [-0.39, 0.29) is 6.54 Å². The number of anilines is 2. The number of halogens is 1. The third-order valence-corrected chi connectivity index (χ3v) is 6.68. The van der Waals surface area contributed by atoms with E-state index in [1.807, 2.05) is 0 Å². The number of benzene rings is 1. The van der Waals surface area contributed by atoms with E-state index < -0.39 is 15.9 Å². The molecule has 11 heteroatoms. The molecule has 2 aromatic rings. The number of carbonyl (C=O) groups excluding carboxylic acids is 1. The van der Waals surface area contributed by atoms with Crippen LogP contribution in [0.4, 0.5) is 10.8 Å². The van der Waals surface area contributed by atoms with E-state index in [2.05, 4.69) is 38.4 Å². The van der Waals surface area contributed by atoms with Crippen molar-refractivity contribution in [3.63, 3.8) is 0 Å². The summed E-state index contributed by atoms with van der Waals surface area (Å²) in [5.74, 6) is 0.446. The van der Waals surface area contributed by atoms with Crippen molar-refractivity contribution in [2.75, 3.05) is 28.2 Å². The van der Waals surface area contributed by atoms with Gasteiger partial charge in [-0.2, -0.15) is 0 Å². The highest BCUT2D eigenvalue weighted by Crippen LogP contribution is 2.26. The second-order valence-electron chi connectivity index (χ2n) is 5.02. The number of thioether (sulfide) groups is 1. The van der Waals surface area contributed by atoms with Gasteiger partial charge in [-0.15, -0.1) is 10.2 Å². The minimum Gasteiger partial charge on any atom is -0.299 e. The number of amides is 1. The van der Waals surface area contributed by atoms with E-state index in [0.29, 0.717) is 10.8 Å². The molecule has 0 radical (unpaired) electrons. The molecule has 0 aliphatic carbocycles. The van der Waals surface area contributed by atoms with Crippen LogP contribution in [0.15, 0.2) is 33.1 Å². The Morgan fingerprint density at radius 1 is 1.40 bits per heavy atom. The van der Waals surface area contributed by atoms with E-state index in [9.17, 15) is 13.2 Å². The Hall–Kier alpha value is -1.17. The molecule has 1 heterocycles. The van der Waals surface area contributed by atoms with Crippen LogP contribution >= 0.6 is 39.0 Å². The molecule has 0 saturated heterocycles. The predicted molar refractivity (Wildman–Crippen MR) is 106 cm³/mol. The van der Waals surface area contributed by atoms with E-state index in [4.69, 9.17) is 0 Å². The smallest absolute Gasteiger partial charge is 0.246 e. The lowest BCUT2D eigenvalue weighted by Crippen LogP contribution is -2.37. The van der Waals surface area contributed by atoms with Crippen LogP contribution in [0.2, 0.25) is 0 Å². The van der Waals surface area contributed by atoms with E-state index in [1.165, 1.54) is 11.3 Å². The molecule has 0 saturated carbocycles. The van der Waals surface area contributed by atoms with Crippen molar-refractivity contribution in [1.82, 2.24) is 10.2 Å². The number of sulfonamides is 1. The fourth-order valence-electron chi connectivity index (χ4n) is 1.83. The largest absolute Gasteiger partial charge is 0.299 e. The zero-order chi connectivity index (χ0) is 18.4. The molecule has 2 rings (SSSR count). The van der Waals surface area contributed by atoms with Crippen molar-refractivity contribution in [2.24, 2.45) is 0 Å². The minimum absolute atomic E-state index is 0.341. The van der Waals surface area contributed by atoms with Crippen LogP contribution in [0.3, 0.4) is 0 Å². The van der Waals surface area contributed by atoms with Crippen LogP contribution in [0.25, 0.3) is 0 Å². The molecule has 0 bridgehead atoms. The van der Waals surface area contributed by atoms with Crippen molar-refractivity contribution in [2.45, 2.75) is 17.7 Å². The van der Waals surface area contributed by atoms with Gasteiger partial charge < -0.3 is 0 Å². The van der Waals surface area contributed by atoms with Gasteiger partial charge in [0.1, 0.15) is 6.54 Å². The topological polar surface area (TPSA) is 92.3 Å². The molecule has 0 atom stereocenters. The number of hydrogen-bond acceptors (Lipinski definition) is 7. The molecule has 0 fully saturated rings. The molecule has 25 heavy (non-hydrogen) atoms. The van der Waals surface area contributed by atoms with E-state index in [1.54, 1.807) is 36.0 Å². The van der Waals surface area contributed by atoms with Crippen LogP contribution in [-0.2, 0) is 14.8 Å². The highest BCUT2D eigenvalue weighted by molar-refractivity contribution is 9.10. The second kappa shape index (κ2) is 8.97. The first-order valence-corrected chi connectivity index (χ1v) is 11.7. The van der Waals surface area contributed by atoms with Crippen molar-refractivity contribution in [1.29, 1.82) is 0 Å². The van der Waals surface area contributed by atoms with Gasteiger partial charge in [0.15, 0.2) is 4.34 Å². The fraction of sp³-hybridized carbons (Fsp3) is 0.357. The fourth-order valence-corrected chi connectivity index (χ4v) is 4.76. The molecule has 1 aromatic heterocycles. The monoisotopic (exact) mass is 464 g/mol. The lowest BCUT2D eigenvalue weighted by Gasteiger charge is -2.21. The zero-order valence-electron chi connectivity index (χ0n) is 13.6. The standard InChI is InChI=1S/C14H17BrN4O3S3/c1-3-7-23-14-18-17-13(24-14)16-12(20)9-19(25(2,21)22)11-6-4-5-10(15)8-11/h4-6,8H,3,7,9H2,1-2H3,(H,16,17,20). The maximum atomic E-state index is 12.3. The van der Waals surface area contributed by atoms with Gasteiger partial charge in [-0.05, 0) is 24.6 Å². The van der Waals surface area contributed by atoms with E-state index >= 15 is 0 Å². The number of aromatic nitrogens is 2. The van der Waals surface area contributed by atoms with Gasteiger partial charge in [0.25, 0.3) is 0 Å². The van der Waals surface area contributed by atoms with Gasteiger partial charge in [0, 0.05) is 10.2 Å². The predicted octanol–water partition coefficient (Wildman–Crippen LogP) is 3.21. The Balaban J connectivity index is 2.08. The zero-order valence-corrected chi connectivity index (χ0v) is 17.6. The van der Waals surface area contributed by atoms with Crippen LogP contribution in [0, 0.1) is 0 Å². The Bertz CT molecular complexity index is 841. The molecule has 0 aliphatic heterocycles. The molecule has 1 amide bonds. The summed E-state index contributed by atoms with van der Waals surface area (Å²) in [4.78, 5) is 12.3. The summed E-state index contributed by atoms with van der Waals surface area (Å²) in [5, 5.41) is 10.8. The average molecular weight is 465 g/mol. The maximum Gasteiger partial charge on any atom is 0.246 e. The number of carbonyl (C=O) groups is 1. The third kappa shape index (κ3) is 6.24. The summed E-state index contributed by atoms with van der Waals surface area (Å²) in [6.07, 6.45) is 2.08. The van der Waals surface area contributed by atoms with E-state index in [0.717, 1.165) is 31.5 Å². The Morgan fingerprint density at radius 3 is 2.80 bits per heavy atom. The number of hydrogen-bond donors (Lipinski definition) is 1. The molecule has 0 aliphatic rings. The van der Waals surface area contributed by atoms with Gasteiger partial charge in [-0.3, -0.25) is 14.4 Å². The summed E-state index contributed by atoms with van der Waals surface area (Å²) >= 11 is 6.13. The first-order valence-electron chi connectivity index (χ1n) is 7.29. The van der Waals surface area contributed by atoms with Crippen molar-refractivity contribution >= 4 is 65.8 Å². The maximum absolute atomic E-state index is 12.3. The molecule has 0 unspecified atom stereocenters. The SMILES string of the molecule is CCCSc1nnc(NC(=O)CN(c2cccc(Br)c2)S(C)(=O)=O)s1. The van der Waals surface area contributed by atoms with Gasteiger partial charge >= 0.3 is 0 Å². The molecule has 136 valence electrons. The summed E-state index contributed by atoms with van der Waals surface area (Å²) in [6, 6.07) is 6.75. The van der Waals surface area contributed by atoms with Crippen LogP contribution in [0.1, 0.15) is 13.3 Å². The van der Waals surface area contributed by atoms with Gasteiger partial charge in [-0.1, -0.05) is 52.0 Å². The van der Waals surface area contributed by atoms with Gasteiger partial charge in [0.2, 0.25) is 21.1 Å². The Kier molecular flexibility index (Phi) is 7.23. The van der Waals surface area contributed by atoms with Crippen LogP contribution < -0.4 is 9.62 Å². The normalized spacial score (nSPS) is 11.3. The quantitative estimate of drug-likeness (QED) is 0.476. The van der Waals surface area contributed by atoms with Crippen molar-refractivity contribution < 1.29 is 13.2 Å². The highest BCUT2D eigenvalue weighted by atomic mass is 79.9. The lowest BCUT2D eigenvalue weighted by atomic mass is 10.3. The van der Waals surface area contributed by atoms with Gasteiger partial charge in [0.05, 0.1) is 11.9 Å². The number of rotatable bonds is 8. The first-order chi connectivity index (χ1) is 11.8. The number of nitrogens with one attached hydrogen (secondary N) is 1. The van der Waals surface area contributed by atoms with Crippen LogP contribution in [0.5, 0.6) is 0 Å². The first kappa shape index (κ1) is 20.1. The Labute approximate surface area is 163 Å². The highest BCUT2D eigenvalue weighted by Gasteiger charge is 2.21. The van der Waals surface area contributed by atoms with Crippen molar-refractivity contribution in [3.8, 4) is 0 Å². The molecule has 7 nitrogen and oxygen atoms in total. The summed E-state index contributed by atoms with van der Waals surface area (Å²) in [5.41, 5.74) is 0.406. The second-order valence-corrected chi connectivity index (χ2v) is 10.2. The molecular weight excluding hydrogens is 448 g/mol. The lowest BCUT2D eigenvalue weighted by molar-refractivity contribution is -0.114. The summed E-state index contributed by atoms with van der Waals surface area (Å²) in [6.45, 7) is 1.73. The summed E-state index contributed by atoms with van der Waals surface area (Å²) < 4.78 is 26.6. The molecule has 0 spiro atoms. The van der Waals surface area contributed by atoms with Crippen LogP contribution in [-0.4, -0.2) is 43.1 Å². The average Bonchev–Trinajstić information content (AvgIpc) is 2.97. The van der Waals surface area contributed by atoms with Crippen molar-refractivity contribution in [3.05, 3.63) is 28.7 Å². The molecule has 1 aromatic carbocycles.